The molecule has 1 aromatic carbocycles. The number of hydrogen-bond acceptors (Lipinski definition) is 3. The van der Waals surface area contributed by atoms with E-state index < -0.39 is 0 Å². The Morgan fingerprint density at radius 1 is 1.26 bits per heavy atom. The molecule has 0 atom stereocenters. The highest BCUT2D eigenvalue weighted by Gasteiger charge is 2.11. The first kappa shape index (κ1) is 19.2. The Morgan fingerprint density at radius 3 is 2.43 bits per heavy atom. The summed E-state index contributed by atoms with van der Waals surface area (Å²) in [7, 11) is 3.70. The van der Waals surface area contributed by atoms with Gasteiger partial charge in [0, 0.05) is 31.4 Å². The zero-order valence-electron chi connectivity index (χ0n) is 14.2. The van der Waals surface area contributed by atoms with Crippen molar-refractivity contribution in [3.63, 3.8) is 0 Å². The van der Waals surface area contributed by atoms with Crippen molar-refractivity contribution in [2.24, 2.45) is 0 Å². The van der Waals surface area contributed by atoms with E-state index in [1.165, 1.54) is 0 Å². The summed E-state index contributed by atoms with van der Waals surface area (Å²) in [6, 6.07) is 9.83. The first-order chi connectivity index (χ1) is 10.5. The predicted octanol–water partition coefficient (Wildman–Crippen LogP) is 2.26. The lowest BCUT2D eigenvalue weighted by Gasteiger charge is -2.17. The number of carbonyl (C=O) groups excluding carboxylic acids is 1. The van der Waals surface area contributed by atoms with E-state index in [1.54, 1.807) is 4.90 Å². The van der Waals surface area contributed by atoms with E-state index in [9.17, 15) is 4.79 Å². The summed E-state index contributed by atoms with van der Waals surface area (Å²) in [5, 5.41) is 7.50. The highest BCUT2D eigenvalue weighted by molar-refractivity contribution is 5.94. The number of likely N-dealkylation sites (N-methyl/N-ethyl adjacent to an activating group) is 2. The minimum atomic E-state index is 0. The van der Waals surface area contributed by atoms with Gasteiger partial charge in [-0.2, -0.15) is 5.10 Å². The van der Waals surface area contributed by atoms with Gasteiger partial charge >= 0.3 is 0 Å². The van der Waals surface area contributed by atoms with E-state index in [0.717, 1.165) is 35.6 Å². The number of amides is 1. The summed E-state index contributed by atoms with van der Waals surface area (Å²) >= 11 is 0. The number of aryl methyl sites for hydroxylation is 2. The number of aromatic nitrogens is 2. The summed E-state index contributed by atoms with van der Waals surface area (Å²) in [5.41, 5.74) is 4.02. The predicted molar refractivity (Wildman–Crippen MR) is 95.4 cm³/mol. The van der Waals surface area contributed by atoms with Crippen molar-refractivity contribution in [2.75, 3.05) is 27.2 Å². The molecule has 0 spiro atoms. The molecule has 6 heteroatoms. The van der Waals surface area contributed by atoms with Crippen LogP contribution in [0.2, 0.25) is 0 Å². The number of halogens is 1. The molecule has 0 unspecified atom stereocenters. The maximum absolute atomic E-state index is 12.3. The molecule has 5 nitrogen and oxygen atoms in total. The second-order valence-corrected chi connectivity index (χ2v) is 5.61. The molecule has 23 heavy (non-hydrogen) atoms. The fourth-order valence-electron chi connectivity index (χ4n) is 2.36. The largest absolute Gasteiger partial charge is 0.340 e. The zero-order chi connectivity index (χ0) is 16.1. The Kier molecular flexibility index (Phi) is 7.26. The molecule has 0 aliphatic heterocycles. The van der Waals surface area contributed by atoms with Crippen LogP contribution in [0.4, 0.5) is 0 Å². The van der Waals surface area contributed by atoms with Gasteiger partial charge in [0.05, 0.1) is 12.2 Å². The quantitative estimate of drug-likeness (QED) is 0.880. The maximum atomic E-state index is 12.3. The van der Waals surface area contributed by atoms with Crippen LogP contribution in [0.1, 0.15) is 27.3 Å². The molecular weight excluding hydrogens is 312 g/mol. The van der Waals surface area contributed by atoms with Gasteiger partial charge < -0.3 is 10.2 Å². The van der Waals surface area contributed by atoms with Crippen molar-refractivity contribution < 1.29 is 4.79 Å². The summed E-state index contributed by atoms with van der Waals surface area (Å²) in [6.07, 6.45) is 0. The molecule has 2 aromatic rings. The van der Waals surface area contributed by atoms with Gasteiger partial charge in [-0.05, 0) is 44.7 Å². The number of carbonyl (C=O) groups is 1. The smallest absolute Gasteiger partial charge is 0.253 e. The molecule has 126 valence electrons. The molecule has 0 aliphatic carbocycles. The molecule has 0 radical (unpaired) electrons. The lowest BCUT2D eigenvalue weighted by atomic mass is 10.1. The average Bonchev–Trinajstić information content (AvgIpc) is 2.82. The van der Waals surface area contributed by atoms with Crippen LogP contribution in [0.3, 0.4) is 0 Å². The van der Waals surface area contributed by atoms with E-state index >= 15 is 0 Å². The SMILES string of the molecule is CNCCN(C)C(=O)c1ccc(Cn2nc(C)cc2C)cc1.Cl. The number of hydrogen-bond donors (Lipinski definition) is 1. The average molecular weight is 337 g/mol. The lowest BCUT2D eigenvalue weighted by molar-refractivity contribution is 0.0797. The van der Waals surface area contributed by atoms with Gasteiger partial charge in [0.25, 0.3) is 5.91 Å². The molecule has 0 aliphatic rings. The number of benzene rings is 1. The van der Waals surface area contributed by atoms with E-state index in [2.05, 4.69) is 23.4 Å². The summed E-state index contributed by atoms with van der Waals surface area (Å²) in [4.78, 5) is 14.0. The number of rotatable bonds is 6. The fourth-order valence-corrected chi connectivity index (χ4v) is 2.36. The Hall–Kier alpha value is -1.85. The molecule has 1 aromatic heterocycles. The van der Waals surface area contributed by atoms with E-state index in [4.69, 9.17) is 0 Å². The monoisotopic (exact) mass is 336 g/mol. The third-order valence-corrected chi connectivity index (χ3v) is 3.68. The van der Waals surface area contributed by atoms with Crippen LogP contribution < -0.4 is 5.32 Å². The molecule has 1 N–H and O–H groups in total. The maximum Gasteiger partial charge on any atom is 0.253 e. The van der Waals surface area contributed by atoms with Gasteiger partial charge in [0.2, 0.25) is 0 Å². The van der Waals surface area contributed by atoms with Gasteiger partial charge in [-0.15, -0.1) is 12.4 Å². The first-order valence-corrected chi connectivity index (χ1v) is 7.51. The fraction of sp³-hybridized carbons (Fsp3) is 0.412. The molecule has 2 rings (SSSR count). The second kappa shape index (κ2) is 8.70. The van der Waals surface area contributed by atoms with Gasteiger partial charge in [-0.25, -0.2) is 0 Å². The van der Waals surface area contributed by atoms with Crippen LogP contribution >= 0.6 is 12.4 Å². The van der Waals surface area contributed by atoms with Gasteiger partial charge in [0.15, 0.2) is 0 Å². The Balaban J connectivity index is 0.00000264. The van der Waals surface area contributed by atoms with E-state index in [1.807, 2.05) is 50.0 Å². The Labute approximate surface area is 144 Å². The summed E-state index contributed by atoms with van der Waals surface area (Å²) in [6.45, 7) is 6.26. The molecule has 1 heterocycles. The normalized spacial score (nSPS) is 10.3. The topological polar surface area (TPSA) is 50.2 Å². The lowest BCUT2D eigenvalue weighted by Crippen LogP contribution is -2.32. The van der Waals surface area contributed by atoms with Gasteiger partial charge in [-0.3, -0.25) is 9.48 Å². The molecule has 0 bridgehead atoms. The van der Waals surface area contributed by atoms with E-state index in [-0.39, 0.29) is 18.3 Å². The highest BCUT2D eigenvalue weighted by atomic mass is 35.5. The molecule has 0 saturated heterocycles. The molecular formula is C17H25ClN4O. The minimum Gasteiger partial charge on any atom is -0.340 e. The van der Waals surface area contributed by atoms with Crippen LogP contribution in [0.25, 0.3) is 0 Å². The van der Waals surface area contributed by atoms with Crippen LogP contribution in [0, 0.1) is 13.8 Å². The van der Waals surface area contributed by atoms with Crippen molar-refractivity contribution in [1.82, 2.24) is 20.0 Å². The third-order valence-electron chi connectivity index (χ3n) is 3.68. The van der Waals surface area contributed by atoms with E-state index in [0.29, 0.717) is 6.54 Å². The van der Waals surface area contributed by atoms with Crippen molar-refractivity contribution in [3.05, 3.63) is 52.8 Å². The van der Waals surface area contributed by atoms with Gasteiger partial charge in [-0.1, -0.05) is 12.1 Å². The third kappa shape index (κ3) is 5.08. The Morgan fingerprint density at radius 2 is 1.91 bits per heavy atom. The first-order valence-electron chi connectivity index (χ1n) is 7.51. The summed E-state index contributed by atoms with van der Waals surface area (Å²) < 4.78 is 1.98. The van der Waals surface area contributed by atoms with Gasteiger partial charge in [0.1, 0.15) is 0 Å². The van der Waals surface area contributed by atoms with Crippen LogP contribution in [-0.4, -0.2) is 47.8 Å². The zero-order valence-corrected chi connectivity index (χ0v) is 15.0. The molecule has 1 amide bonds. The van der Waals surface area contributed by atoms with Crippen LogP contribution in [-0.2, 0) is 6.54 Å². The van der Waals surface area contributed by atoms with Crippen molar-refractivity contribution in [1.29, 1.82) is 0 Å². The highest BCUT2D eigenvalue weighted by Crippen LogP contribution is 2.10. The number of nitrogens with one attached hydrogen (secondary N) is 1. The Bertz CT molecular complexity index is 637. The number of nitrogens with zero attached hydrogens (tertiary/aromatic N) is 3. The van der Waals surface area contributed by atoms with Crippen molar-refractivity contribution >= 4 is 18.3 Å². The van der Waals surface area contributed by atoms with Crippen molar-refractivity contribution in [3.8, 4) is 0 Å². The van der Waals surface area contributed by atoms with Crippen molar-refractivity contribution in [2.45, 2.75) is 20.4 Å². The molecule has 0 saturated carbocycles. The standard InChI is InChI=1S/C17H24N4O.ClH/c1-13-11-14(2)21(19-13)12-15-5-7-16(8-6-15)17(22)20(4)10-9-18-3;/h5-8,11,18H,9-10,12H2,1-4H3;1H. The minimum absolute atomic E-state index is 0. The van der Waals surface area contributed by atoms with Crippen LogP contribution in [0.5, 0.6) is 0 Å². The second-order valence-electron chi connectivity index (χ2n) is 5.61. The van der Waals surface area contributed by atoms with Crippen LogP contribution in [0.15, 0.2) is 30.3 Å². The molecule has 0 fully saturated rings. The summed E-state index contributed by atoms with van der Waals surface area (Å²) in [5.74, 6) is 0.0490.